The fourth-order valence-electron chi connectivity index (χ4n) is 3.12. The smallest absolute Gasteiger partial charge is 0.160 e. The van der Waals surface area contributed by atoms with E-state index >= 15 is 0 Å². The molecular weight excluding hydrogens is 304 g/mol. The van der Waals surface area contributed by atoms with Gasteiger partial charge in [-0.3, -0.25) is 0 Å². The fraction of sp³-hybridized carbons (Fsp3) is 0.130. The van der Waals surface area contributed by atoms with E-state index in [0.717, 1.165) is 28.0 Å². The Labute approximate surface area is 148 Å². The number of hydrogen-bond donors (Lipinski definition) is 0. The summed E-state index contributed by atoms with van der Waals surface area (Å²) in [4.78, 5) is 9.73. The van der Waals surface area contributed by atoms with E-state index in [4.69, 9.17) is 9.97 Å². The maximum Gasteiger partial charge on any atom is 0.160 e. The van der Waals surface area contributed by atoms with Gasteiger partial charge in [0, 0.05) is 10.9 Å². The Morgan fingerprint density at radius 2 is 1.28 bits per heavy atom. The highest BCUT2D eigenvalue weighted by Crippen LogP contribution is 2.29. The molecule has 3 aromatic carbocycles. The van der Waals surface area contributed by atoms with Crippen LogP contribution in [0, 0.1) is 0 Å². The molecule has 4 aromatic rings. The van der Waals surface area contributed by atoms with Crippen LogP contribution < -0.4 is 0 Å². The molecule has 0 saturated heterocycles. The molecule has 0 saturated carbocycles. The van der Waals surface area contributed by atoms with Crippen molar-refractivity contribution in [3.05, 3.63) is 84.6 Å². The van der Waals surface area contributed by atoms with Gasteiger partial charge in [0.15, 0.2) is 5.82 Å². The van der Waals surface area contributed by atoms with Crippen LogP contribution in [0.4, 0.5) is 0 Å². The Bertz CT molecular complexity index is 1000. The zero-order valence-corrected chi connectivity index (χ0v) is 14.5. The Balaban J connectivity index is 1.94. The van der Waals surface area contributed by atoms with E-state index in [-0.39, 0.29) is 0 Å². The Morgan fingerprint density at radius 3 is 1.92 bits per heavy atom. The first kappa shape index (κ1) is 15.5. The van der Waals surface area contributed by atoms with Crippen LogP contribution in [0.25, 0.3) is 33.4 Å². The van der Waals surface area contributed by atoms with Gasteiger partial charge in [0.05, 0.1) is 11.2 Å². The summed E-state index contributed by atoms with van der Waals surface area (Å²) < 4.78 is 0. The lowest BCUT2D eigenvalue weighted by molar-refractivity contribution is 0.831. The van der Waals surface area contributed by atoms with Crippen LogP contribution in [-0.4, -0.2) is 9.97 Å². The lowest BCUT2D eigenvalue weighted by Gasteiger charge is -2.12. The summed E-state index contributed by atoms with van der Waals surface area (Å²) in [7, 11) is 0. The number of fused-ring (bicyclic) bond motifs is 1. The molecule has 0 bridgehead atoms. The third-order valence-electron chi connectivity index (χ3n) is 4.41. The standard InChI is InChI=1S/C23H20N2/c1-16(2)22-20-14-13-19(17-9-5-3-6-10-17)15-21(20)24-23(25-22)18-11-7-4-8-12-18/h3-16H,1-2H3. The first-order chi connectivity index (χ1) is 12.2. The number of hydrogen-bond acceptors (Lipinski definition) is 2. The molecule has 0 aliphatic carbocycles. The van der Waals surface area contributed by atoms with Gasteiger partial charge in [0.1, 0.15) is 0 Å². The number of benzene rings is 3. The van der Waals surface area contributed by atoms with E-state index in [2.05, 4.69) is 68.4 Å². The molecule has 0 spiro atoms. The van der Waals surface area contributed by atoms with Crippen molar-refractivity contribution >= 4 is 10.9 Å². The van der Waals surface area contributed by atoms with Gasteiger partial charge in [-0.2, -0.15) is 0 Å². The maximum absolute atomic E-state index is 4.86. The van der Waals surface area contributed by atoms with E-state index in [9.17, 15) is 0 Å². The van der Waals surface area contributed by atoms with Crippen molar-refractivity contribution in [1.82, 2.24) is 9.97 Å². The normalized spacial score (nSPS) is 11.2. The van der Waals surface area contributed by atoms with E-state index < -0.39 is 0 Å². The van der Waals surface area contributed by atoms with Crippen molar-refractivity contribution in [1.29, 1.82) is 0 Å². The van der Waals surface area contributed by atoms with E-state index in [1.807, 2.05) is 24.3 Å². The van der Waals surface area contributed by atoms with Crippen LogP contribution in [0.15, 0.2) is 78.9 Å². The summed E-state index contributed by atoms with van der Waals surface area (Å²) in [6, 6.07) is 27.1. The summed E-state index contributed by atoms with van der Waals surface area (Å²) >= 11 is 0. The molecule has 2 heteroatoms. The third-order valence-corrected chi connectivity index (χ3v) is 4.41. The van der Waals surface area contributed by atoms with Crippen molar-refractivity contribution < 1.29 is 0 Å². The summed E-state index contributed by atoms with van der Waals surface area (Å²) in [5, 5.41) is 1.13. The second-order valence-electron chi connectivity index (χ2n) is 6.55. The highest BCUT2D eigenvalue weighted by atomic mass is 14.9. The SMILES string of the molecule is CC(C)c1nc(-c2ccccc2)nc2cc(-c3ccccc3)ccc12. The molecule has 0 atom stereocenters. The van der Waals surface area contributed by atoms with Crippen molar-refractivity contribution in [2.45, 2.75) is 19.8 Å². The minimum atomic E-state index is 0.343. The molecule has 0 radical (unpaired) electrons. The zero-order chi connectivity index (χ0) is 17.2. The average Bonchev–Trinajstić information content (AvgIpc) is 2.68. The lowest BCUT2D eigenvalue weighted by atomic mass is 9.99. The van der Waals surface area contributed by atoms with Gasteiger partial charge >= 0.3 is 0 Å². The van der Waals surface area contributed by atoms with Gasteiger partial charge in [0.2, 0.25) is 0 Å². The molecule has 4 rings (SSSR count). The van der Waals surface area contributed by atoms with Gasteiger partial charge in [-0.15, -0.1) is 0 Å². The molecule has 0 fully saturated rings. The van der Waals surface area contributed by atoms with Crippen LogP contribution in [0.3, 0.4) is 0 Å². The number of nitrogens with zero attached hydrogens (tertiary/aromatic N) is 2. The largest absolute Gasteiger partial charge is 0.232 e. The van der Waals surface area contributed by atoms with E-state index in [1.165, 1.54) is 11.1 Å². The van der Waals surface area contributed by atoms with Gasteiger partial charge in [-0.25, -0.2) is 9.97 Å². The van der Waals surface area contributed by atoms with Gasteiger partial charge in [0.25, 0.3) is 0 Å². The lowest BCUT2D eigenvalue weighted by Crippen LogP contribution is -2.00. The quantitative estimate of drug-likeness (QED) is 0.456. The number of rotatable bonds is 3. The van der Waals surface area contributed by atoms with Crippen molar-refractivity contribution in [3.63, 3.8) is 0 Å². The van der Waals surface area contributed by atoms with Gasteiger partial charge in [-0.1, -0.05) is 86.6 Å². The van der Waals surface area contributed by atoms with Crippen molar-refractivity contribution in [2.24, 2.45) is 0 Å². The molecule has 0 amide bonds. The predicted octanol–water partition coefficient (Wildman–Crippen LogP) is 6.09. The molecule has 2 nitrogen and oxygen atoms in total. The first-order valence-electron chi connectivity index (χ1n) is 8.65. The minimum absolute atomic E-state index is 0.343. The van der Waals surface area contributed by atoms with Crippen LogP contribution in [-0.2, 0) is 0 Å². The van der Waals surface area contributed by atoms with Crippen LogP contribution >= 0.6 is 0 Å². The molecule has 122 valence electrons. The van der Waals surface area contributed by atoms with Gasteiger partial charge in [-0.05, 0) is 23.1 Å². The zero-order valence-electron chi connectivity index (χ0n) is 14.5. The highest BCUT2D eigenvalue weighted by Gasteiger charge is 2.13. The van der Waals surface area contributed by atoms with Crippen LogP contribution in [0.5, 0.6) is 0 Å². The first-order valence-corrected chi connectivity index (χ1v) is 8.65. The topological polar surface area (TPSA) is 25.8 Å². The molecule has 0 N–H and O–H groups in total. The second kappa shape index (κ2) is 6.48. The maximum atomic E-state index is 4.86. The second-order valence-corrected chi connectivity index (χ2v) is 6.55. The Hall–Kier alpha value is -3.00. The average molecular weight is 324 g/mol. The van der Waals surface area contributed by atoms with E-state index in [1.54, 1.807) is 0 Å². The van der Waals surface area contributed by atoms with E-state index in [0.29, 0.717) is 5.92 Å². The molecular formula is C23H20N2. The summed E-state index contributed by atoms with van der Waals surface area (Å²) in [5.41, 5.74) is 5.54. The predicted molar refractivity (Wildman–Crippen MR) is 104 cm³/mol. The Kier molecular flexibility index (Phi) is 4.02. The molecule has 0 aliphatic rings. The summed E-state index contributed by atoms with van der Waals surface area (Å²) in [5.74, 6) is 1.14. The van der Waals surface area contributed by atoms with Gasteiger partial charge < -0.3 is 0 Å². The van der Waals surface area contributed by atoms with Crippen LogP contribution in [0.1, 0.15) is 25.5 Å². The Morgan fingerprint density at radius 1 is 0.640 bits per heavy atom. The monoisotopic (exact) mass is 324 g/mol. The fourth-order valence-corrected chi connectivity index (χ4v) is 3.12. The van der Waals surface area contributed by atoms with Crippen molar-refractivity contribution in [2.75, 3.05) is 0 Å². The summed E-state index contributed by atoms with van der Waals surface area (Å²) in [6.45, 7) is 4.36. The molecule has 0 aliphatic heterocycles. The van der Waals surface area contributed by atoms with Crippen molar-refractivity contribution in [3.8, 4) is 22.5 Å². The van der Waals surface area contributed by atoms with Crippen LogP contribution in [0.2, 0.25) is 0 Å². The summed E-state index contributed by atoms with van der Waals surface area (Å²) in [6.07, 6.45) is 0. The molecule has 25 heavy (non-hydrogen) atoms. The minimum Gasteiger partial charge on any atom is -0.232 e. The number of aromatic nitrogens is 2. The molecule has 1 heterocycles. The third kappa shape index (κ3) is 3.03. The highest BCUT2D eigenvalue weighted by molar-refractivity contribution is 5.87. The molecule has 1 aromatic heterocycles. The molecule has 0 unspecified atom stereocenters.